The lowest BCUT2D eigenvalue weighted by Crippen LogP contribution is -2.36. The van der Waals surface area contributed by atoms with Gasteiger partial charge in [0.05, 0.1) is 18.7 Å². The van der Waals surface area contributed by atoms with Crippen LogP contribution < -0.4 is 9.64 Å². The fourth-order valence-electron chi connectivity index (χ4n) is 3.15. The topological polar surface area (TPSA) is 29.5 Å². The number of hydrogen-bond acceptors (Lipinski definition) is 2. The molecule has 1 amide bonds. The summed E-state index contributed by atoms with van der Waals surface area (Å²) in [5.41, 5.74) is 4.13. The molecule has 3 aromatic carbocycles. The highest BCUT2D eigenvalue weighted by Gasteiger charge is 2.26. The van der Waals surface area contributed by atoms with Crippen LogP contribution in [0.15, 0.2) is 66.7 Å². The van der Waals surface area contributed by atoms with E-state index in [4.69, 9.17) is 16.3 Å². The monoisotopic (exact) mass is 363 g/mol. The van der Waals surface area contributed by atoms with Gasteiger partial charge in [-0.15, -0.1) is 0 Å². The molecular weight excluding hydrogens is 346 g/mol. The van der Waals surface area contributed by atoms with Crippen LogP contribution >= 0.6 is 11.6 Å². The summed E-state index contributed by atoms with van der Waals surface area (Å²) >= 11 is 6.18. The first kappa shape index (κ1) is 16.7. The zero-order valence-electron chi connectivity index (χ0n) is 14.4. The number of ether oxygens (including phenoxy) is 1. The first-order chi connectivity index (χ1) is 12.6. The van der Waals surface area contributed by atoms with E-state index in [1.807, 2.05) is 55.5 Å². The van der Waals surface area contributed by atoms with Crippen molar-refractivity contribution in [3.8, 4) is 11.5 Å². The Kier molecular flexibility index (Phi) is 4.39. The molecule has 0 aliphatic carbocycles. The average Bonchev–Trinajstić information content (AvgIpc) is 2.64. The Bertz CT molecular complexity index is 966. The van der Waals surface area contributed by atoms with Crippen LogP contribution in [0.3, 0.4) is 0 Å². The standard InChI is InChI=1S/C22H18ClNO2/c1-15-6-9-19(10-7-15)26-21-13-18(23)8-11-20(21)24-14-17-5-3-2-4-16(17)12-22(24)25/h2-11,13H,12,14H2,1H3. The third kappa shape index (κ3) is 3.31. The Balaban J connectivity index is 1.70. The second-order valence-electron chi connectivity index (χ2n) is 6.45. The number of aryl methyl sites for hydroxylation is 1. The van der Waals surface area contributed by atoms with Crippen LogP contribution in [0.25, 0.3) is 0 Å². The summed E-state index contributed by atoms with van der Waals surface area (Å²) < 4.78 is 6.06. The SMILES string of the molecule is Cc1ccc(Oc2cc(Cl)ccc2N2Cc3ccccc3CC2=O)cc1. The number of carbonyl (C=O) groups is 1. The maximum atomic E-state index is 12.7. The van der Waals surface area contributed by atoms with Gasteiger partial charge in [-0.2, -0.15) is 0 Å². The predicted octanol–water partition coefficient (Wildman–Crippen LogP) is 5.53. The van der Waals surface area contributed by atoms with Crippen molar-refractivity contribution in [2.24, 2.45) is 0 Å². The minimum absolute atomic E-state index is 0.0554. The van der Waals surface area contributed by atoms with Crippen LogP contribution in [0.4, 0.5) is 5.69 Å². The Morgan fingerprint density at radius 1 is 0.962 bits per heavy atom. The normalized spacial score (nSPS) is 13.5. The van der Waals surface area contributed by atoms with Gasteiger partial charge in [0.2, 0.25) is 5.91 Å². The lowest BCUT2D eigenvalue weighted by molar-refractivity contribution is -0.118. The van der Waals surface area contributed by atoms with Crippen molar-refractivity contribution in [3.63, 3.8) is 0 Å². The number of benzene rings is 3. The van der Waals surface area contributed by atoms with Gasteiger partial charge in [0.15, 0.2) is 5.75 Å². The zero-order chi connectivity index (χ0) is 18.1. The molecule has 3 aromatic rings. The van der Waals surface area contributed by atoms with E-state index in [9.17, 15) is 4.79 Å². The quantitative estimate of drug-likeness (QED) is 0.612. The number of rotatable bonds is 3. The Morgan fingerprint density at radius 2 is 1.69 bits per heavy atom. The molecule has 0 bridgehead atoms. The number of amides is 1. The molecule has 0 spiro atoms. The van der Waals surface area contributed by atoms with E-state index in [1.165, 1.54) is 0 Å². The average molecular weight is 364 g/mol. The summed E-state index contributed by atoms with van der Waals surface area (Å²) in [5, 5.41) is 0.570. The minimum Gasteiger partial charge on any atom is -0.455 e. The Morgan fingerprint density at radius 3 is 2.46 bits per heavy atom. The van der Waals surface area contributed by atoms with Crippen molar-refractivity contribution in [1.29, 1.82) is 0 Å². The molecule has 1 aliphatic heterocycles. The first-order valence-electron chi connectivity index (χ1n) is 8.51. The third-order valence-corrected chi connectivity index (χ3v) is 4.79. The van der Waals surface area contributed by atoms with Crippen LogP contribution in [0, 0.1) is 6.92 Å². The highest BCUT2D eigenvalue weighted by atomic mass is 35.5. The van der Waals surface area contributed by atoms with E-state index in [0.717, 1.165) is 22.4 Å². The summed E-state index contributed by atoms with van der Waals surface area (Å²) in [6, 6.07) is 21.2. The van der Waals surface area contributed by atoms with Crippen LogP contribution in [-0.2, 0) is 17.8 Å². The first-order valence-corrected chi connectivity index (χ1v) is 8.89. The van der Waals surface area contributed by atoms with Crippen molar-refractivity contribution in [2.45, 2.75) is 19.9 Å². The predicted molar refractivity (Wildman–Crippen MR) is 104 cm³/mol. The molecule has 0 fully saturated rings. The zero-order valence-corrected chi connectivity index (χ0v) is 15.2. The summed E-state index contributed by atoms with van der Waals surface area (Å²) in [7, 11) is 0. The molecule has 1 heterocycles. The molecule has 0 N–H and O–H groups in total. The number of hydrogen-bond donors (Lipinski definition) is 0. The van der Waals surface area contributed by atoms with Crippen LogP contribution in [0.1, 0.15) is 16.7 Å². The van der Waals surface area contributed by atoms with Crippen molar-refractivity contribution in [1.82, 2.24) is 0 Å². The molecule has 0 unspecified atom stereocenters. The number of anilines is 1. The lowest BCUT2D eigenvalue weighted by atomic mass is 9.99. The number of nitrogens with zero attached hydrogens (tertiary/aromatic N) is 1. The largest absolute Gasteiger partial charge is 0.455 e. The maximum Gasteiger partial charge on any atom is 0.231 e. The second-order valence-corrected chi connectivity index (χ2v) is 6.89. The van der Waals surface area contributed by atoms with Gasteiger partial charge in [0.25, 0.3) is 0 Å². The van der Waals surface area contributed by atoms with Gasteiger partial charge < -0.3 is 9.64 Å². The molecule has 4 heteroatoms. The van der Waals surface area contributed by atoms with Gasteiger partial charge in [-0.3, -0.25) is 4.79 Å². The summed E-state index contributed by atoms with van der Waals surface area (Å²) in [6.07, 6.45) is 0.392. The van der Waals surface area contributed by atoms with E-state index in [-0.39, 0.29) is 5.91 Å². The molecule has 0 atom stereocenters. The molecule has 1 aliphatic rings. The van der Waals surface area contributed by atoms with Crippen molar-refractivity contribution < 1.29 is 9.53 Å². The van der Waals surface area contributed by atoms with Crippen molar-refractivity contribution in [2.75, 3.05) is 4.90 Å². The molecule has 0 radical (unpaired) electrons. The fourth-order valence-corrected chi connectivity index (χ4v) is 3.31. The van der Waals surface area contributed by atoms with Crippen molar-refractivity contribution in [3.05, 3.63) is 88.4 Å². The maximum absolute atomic E-state index is 12.7. The van der Waals surface area contributed by atoms with E-state index in [0.29, 0.717) is 29.5 Å². The van der Waals surface area contributed by atoms with Crippen LogP contribution in [-0.4, -0.2) is 5.91 Å². The van der Waals surface area contributed by atoms with Gasteiger partial charge in [0.1, 0.15) is 5.75 Å². The summed E-state index contributed by atoms with van der Waals surface area (Å²) in [6.45, 7) is 2.55. The van der Waals surface area contributed by atoms with Gasteiger partial charge in [-0.25, -0.2) is 0 Å². The number of carbonyl (C=O) groups excluding carboxylic acids is 1. The van der Waals surface area contributed by atoms with E-state index >= 15 is 0 Å². The molecule has 0 aromatic heterocycles. The fraction of sp³-hybridized carbons (Fsp3) is 0.136. The molecule has 3 nitrogen and oxygen atoms in total. The van der Waals surface area contributed by atoms with Crippen LogP contribution in [0.2, 0.25) is 5.02 Å². The molecule has 4 rings (SSSR count). The minimum atomic E-state index is 0.0554. The Hall–Kier alpha value is -2.78. The Labute approximate surface area is 157 Å². The third-order valence-electron chi connectivity index (χ3n) is 4.55. The van der Waals surface area contributed by atoms with E-state index in [1.54, 1.807) is 17.0 Å². The molecule has 0 saturated carbocycles. The van der Waals surface area contributed by atoms with Gasteiger partial charge in [-0.1, -0.05) is 53.6 Å². The number of halogens is 1. The molecule has 0 saturated heterocycles. The molecule has 130 valence electrons. The number of fused-ring (bicyclic) bond motifs is 1. The second kappa shape index (κ2) is 6.85. The van der Waals surface area contributed by atoms with Crippen LogP contribution in [0.5, 0.6) is 11.5 Å². The van der Waals surface area contributed by atoms with Crippen molar-refractivity contribution >= 4 is 23.2 Å². The lowest BCUT2D eigenvalue weighted by Gasteiger charge is -2.30. The smallest absolute Gasteiger partial charge is 0.231 e. The highest BCUT2D eigenvalue weighted by Crippen LogP contribution is 2.37. The van der Waals surface area contributed by atoms with Gasteiger partial charge in [-0.05, 0) is 42.3 Å². The van der Waals surface area contributed by atoms with Gasteiger partial charge >= 0.3 is 0 Å². The highest BCUT2D eigenvalue weighted by molar-refractivity contribution is 6.30. The molecular formula is C22H18ClNO2. The van der Waals surface area contributed by atoms with E-state index < -0.39 is 0 Å². The van der Waals surface area contributed by atoms with E-state index in [2.05, 4.69) is 6.07 Å². The summed E-state index contributed by atoms with van der Waals surface area (Å²) in [5.74, 6) is 1.35. The van der Waals surface area contributed by atoms with Gasteiger partial charge in [0, 0.05) is 11.1 Å². The summed E-state index contributed by atoms with van der Waals surface area (Å²) in [4.78, 5) is 14.5. The molecule has 26 heavy (non-hydrogen) atoms.